The van der Waals surface area contributed by atoms with Gasteiger partial charge in [-0.2, -0.15) is 0 Å². The first kappa shape index (κ1) is 6.16. The maximum Gasteiger partial charge on any atom is 0.306 e. The highest BCUT2D eigenvalue weighted by molar-refractivity contribution is 5.72. The Kier molecular flexibility index (Phi) is 0.944. The molecular formula is C7H11NO2. The molecule has 2 fully saturated rings. The van der Waals surface area contributed by atoms with Crippen LogP contribution in [0.2, 0.25) is 0 Å². The summed E-state index contributed by atoms with van der Waals surface area (Å²) in [6.45, 7) is 0. The summed E-state index contributed by atoms with van der Waals surface area (Å²) in [6, 6.07) is 0. The minimum absolute atomic E-state index is 0.0664. The summed E-state index contributed by atoms with van der Waals surface area (Å²) in [5, 5.41) is 8.67. The molecule has 2 aliphatic carbocycles. The molecule has 0 radical (unpaired) electrons. The molecule has 0 heterocycles. The smallest absolute Gasteiger partial charge is 0.306 e. The first-order chi connectivity index (χ1) is 4.63. The van der Waals surface area contributed by atoms with E-state index < -0.39 is 5.97 Å². The summed E-state index contributed by atoms with van der Waals surface area (Å²) in [7, 11) is 0. The molecule has 3 unspecified atom stereocenters. The van der Waals surface area contributed by atoms with Gasteiger partial charge in [-0.3, -0.25) is 4.79 Å². The molecule has 0 bridgehead atoms. The van der Waals surface area contributed by atoms with Crippen LogP contribution < -0.4 is 5.73 Å². The Balaban J connectivity index is 2.11. The van der Waals surface area contributed by atoms with E-state index in [4.69, 9.17) is 10.8 Å². The number of nitrogens with two attached hydrogens (primary N) is 1. The molecule has 0 amide bonds. The van der Waals surface area contributed by atoms with E-state index in [1.54, 1.807) is 0 Å². The average Bonchev–Trinajstić information content (AvgIpc) is 2.36. The molecule has 0 aromatic heterocycles. The summed E-state index contributed by atoms with van der Waals surface area (Å²) in [6.07, 6.45) is 2.63. The zero-order chi connectivity index (χ0) is 7.35. The minimum atomic E-state index is -0.658. The fraction of sp³-hybridized carbons (Fsp3) is 0.857. The fourth-order valence-electron chi connectivity index (χ4n) is 2.10. The number of carboxylic acid groups (broad SMARTS) is 1. The number of fused-ring (bicyclic) bond motifs is 1. The molecule has 2 aliphatic rings. The Morgan fingerprint density at radius 1 is 1.70 bits per heavy atom. The van der Waals surface area contributed by atoms with Crippen molar-refractivity contribution >= 4 is 5.97 Å². The van der Waals surface area contributed by atoms with Crippen molar-refractivity contribution in [1.29, 1.82) is 0 Å². The molecule has 0 spiro atoms. The van der Waals surface area contributed by atoms with E-state index in [9.17, 15) is 4.79 Å². The maximum atomic E-state index is 10.5. The van der Waals surface area contributed by atoms with E-state index in [1.165, 1.54) is 0 Å². The van der Waals surface area contributed by atoms with Crippen LogP contribution in [-0.2, 0) is 4.79 Å². The Hall–Kier alpha value is -0.570. The predicted molar refractivity (Wildman–Crippen MR) is 35.4 cm³/mol. The van der Waals surface area contributed by atoms with Crippen LogP contribution in [0.1, 0.15) is 19.3 Å². The van der Waals surface area contributed by atoms with E-state index in [-0.39, 0.29) is 11.5 Å². The summed E-state index contributed by atoms with van der Waals surface area (Å²) < 4.78 is 0. The standard InChI is InChI=1S/C7H11NO2/c8-7-2-1-4(6(9)10)5(7)3-7/h4-5H,1-3,8H2,(H,9,10). The van der Waals surface area contributed by atoms with Crippen LogP contribution in [0.15, 0.2) is 0 Å². The number of carboxylic acids is 1. The summed E-state index contributed by atoms with van der Waals surface area (Å²) in [5.74, 6) is -0.496. The zero-order valence-corrected chi connectivity index (χ0v) is 5.71. The summed E-state index contributed by atoms with van der Waals surface area (Å²) in [5.41, 5.74) is 5.75. The first-order valence-corrected chi connectivity index (χ1v) is 3.65. The molecule has 2 rings (SSSR count). The van der Waals surface area contributed by atoms with Crippen LogP contribution >= 0.6 is 0 Å². The van der Waals surface area contributed by atoms with Gasteiger partial charge in [0.2, 0.25) is 0 Å². The normalized spacial score (nSPS) is 50.5. The lowest BCUT2D eigenvalue weighted by molar-refractivity contribution is -0.142. The summed E-state index contributed by atoms with van der Waals surface area (Å²) in [4.78, 5) is 10.5. The molecule has 3 nitrogen and oxygen atoms in total. The van der Waals surface area contributed by atoms with Crippen LogP contribution in [0.5, 0.6) is 0 Å². The third-order valence-corrected chi connectivity index (χ3v) is 2.90. The van der Waals surface area contributed by atoms with Crippen LogP contribution in [0, 0.1) is 11.8 Å². The molecule has 3 heteroatoms. The van der Waals surface area contributed by atoms with Gasteiger partial charge in [-0.05, 0) is 25.2 Å². The van der Waals surface area contributed by atoms with E-state index in [0.717, 1.165) is 19.3 Å². The highest BCUT2D eigenvalue weighted by atomic mass is 16.4. The van der Waals surface area contributed by atoms with Crippen molar-refractivity contribution in [2.24, 2.45) is 17.6 Å². The van der Waals surface area contributed by atoms with Gasteiger partial charge in [-0.25, -0.2) is 0 Å². The van der Waals surface area contributed by atoms with Crippen molar-refractivity contribution < 1.29 is 9.90 Å². The molecule has 0 aromatic carbocycles. The number of hydrogen-bond acceptors (Lipinski definition) is 2. The van der Waals surface area contributed by atoms with Gasteiger partial charge in [-0.1, -0.05) is 0 Å². The third kappa shape index (κ3) is 0.611. The second-order valence-electron chi connectivity index (χ2n) is 3.53. The topological polar surface area (TPSA) is 63.3 Å². The lowest BCUT2D eigenvalue weighted by atomic mass is 10.0. The maximum absolute atomic E-state index is 10.5. The van der Waals surface area contributed by atoms with Gasteiger partial charge >= 0.3 is 5.97 Å². The lowest BCUT2D eigenvalue weighted by Gasteiger charge is -2.01. The van der Waals surface area contributed by atoms with Crippen molar-refractivity contribution in [2.75, 3.05) is 0 Å². The molecule has 10 heavy (non-hydrogen) atoms. The Labute approximate surface area is 59.2 Å². The van der Waals surface area contributed by atoms with E-state index >= 15 is 0 Å². The van der Waals surface area contributed by atoms with Crippen molar-refractivity contribution in [3.63, 3.8) is 0 Å². The van der Waals surface area contributed by atoms with E-state index in [1.807, 2.05) is 0 Å². The number of rotatable bonds is 1. The molecule has 0 saturated heterocycles. The van der Waals surface area contributed by atoms with Crippen LogP contribution in [0.4, 0.5) is 0 Å². The average molecular weight is 141 g/mol. The van der Waals surface area contributed by atoms with Crippen molar-refractivity contribution in [3.8, 4) is 0 Å². The molecular weight excluding hydrogens is 130 g/mol. The SMILES string of the molecule is NC12CCC(C(=O)O)C1C2. The molecule has 3 atom stereocenters. The Morgan fingerprint density at radius 3 is 2.60 bits per heavy atom. The van der Waals surface area contributed by atoms with Crippen molar-refractivity contribution in [3.05, 3.63) is 0 Å². The molecule has 2 saturated carbocycles. The monoisotopic (exact) mass is 141 g/mol. The minimum Gasteiger partial charge on any atom is -0.481 e. The quantitative estimate of drug-likeness (QED) is 0.548. The second kappa shape index (κ2) is 1.53. The molecule has 56 valence electrons. The van der Waals surface area contributed by atoms with E-state index in [2.05, 4.69) is 0 Å². The molecule has 0 aromatic rings. The summed E-state index contributed by atoms with van der Waals surface area (Å²) >= 11 is 0. The molecule has 3 N–H and O–H groups in total. The van der Waals surface area contributed by atoms with E-state index in [0.29, 0.717) is 5.92 Å². The third-order valence-electron chi connectivity index (χ3n) is 2.90. The lowest BCUT2D eigenvalue weighted by Crippen LogP contribution is -2.21. The first-order valence-electron chi connectivity index (χ1n) is 3.65. The van der Waals surface area contributed by atoms with Gasteiger partial charge in [0.25, 0.3) is 0 Å². The van der Waals surface area contributed by atoms with Gasteiger partial charge in [0.1, 0.15) is 0 Å². The van der Waals surface area contributed by atoms with Crippen molar-refractivity contribution in [1.82, 2.24) is 0 Å². The van der Waals surface area contributed by atoms with Crippen LogP contribution in [-0.4, -0.2) is 16.6 Å². The zero-order valence-electron chi connectivity index (χ0n) is 5.71. The fourth-order valence-corrected chi connectivity index (χ4v) is 2.10. The van der Waals surface area contributed by atoms with Gasteiger partial charge in [0.15, 0.2) is 0 Å². The number of hydrogen-bond donors (Lipinski definition) is 2. The van der Waals surface area contributed by atoms with Gasteiger partial charge in [0, 0.05) is 5.54 Å². The van der Waals surface area contributed by atoms with Gasteiger partial charge in [-0.15, -0.1) is 0 Å². The van der Waals surface area contributed by atoms with Gasteiger partial charge in [0.05, 0.1) is 5.92 Å². The van der Waals surface area contributed by atoms with Crippen molar-refractivity contribution in [2.45, 2.75) is 24.8 Å². The van der Waals surface area contributed by atoms with Crippen LogP contribution in [0.25, 0.3) is 0 Å². The predicted octanol–water partition coefficient (Wildman–Crippen LogP) is 0.198. The number of aliphatic carboxylic acids is 1. The second-order valence-corrected chi connectivity index (χ2v) is 3.53. The molecule has 0 aliphatic heterocycles. The largest absolute Gasteiger partial charge is 0.481 e. The highest BCUT2D eigenvalue weighted by Crippen LogP contribution is 2.57. The number of carbonyl (C=O) groups is 1. The van der Waals surface area contributed by atoms with Crippen LogP contribution in [0.3, 0.4) is 0 Å². The van der Waals surface area contributed by atoms with Gasteiger partial charge < -0.3 is 10.8 Å². The highest BCUT2D eigenvalue weighted by Gasteiger charge is 2.61. The Morgan fingerprint density at radius 2 is 2.40 bits per heavy atom. The Bertz CT molecular complexity index is 192.